The molecule has 2 saturated carbocycles. The monoisotopic (exact) mass is 528 g/mol. The van der Waals surface area contributed by atoms with Gasteiger partial charge >= 0.3 is 12.0 Å². The van der Waals surface area contributed by atoms with Crippen molar-refractivity contribution in [1.29, 1.82) is 0 Å². The van der Waals surface area contributed by atoms with Crippen molar-refractivity contribution in [2.45, 2.75) is 84.3 Å². The summed E-state index contributed by atoms with van der Waals surface area (Å²) in [5.41, 5.74) is -1.58. The average Bonchev–Trinajstić information content (AvgIpc) is 3.09. The van der Waals surface area contributed by atoms with Gasteiger partial charge in [-0.3, -0.25) is 4.79 Å². The molecule has 0 aromatic heterocycles. The second-order valence-corrected chi connectivity index (χ2v) is 14.9. The van der Waals surface area contributed by atoms with Crippen molar-refractivity contribution < 1.29 is 27.5 Å². The second-order valence-electron chi connectivity index (χ2n) is 12.7. The second kappa shape index (κ2) is 9.78. The SMILES string of the molecule is COC(=O)C1C2C(CN1C(=O)C(NC(=O)NC1(CS(=O)(=O)N(C)C)CCCCC1)C(C)(C)C)C2(C)C. The third-order valence-corrected chi connectivity index (χ3v) is 10.6. The van der Waals surface area contributed by atoms with E-state index in [0.717, 1.165) is 19.3 Å². The smallest absolute Gasteiger partial charge is 0.328 e. The lowest BCUT2D eigenvalue weighted by molar-refractivity contribution is -0.154. The predicted octanol–water partition coefficient (Wildman–Crippen LogP) is 1.95. The minimum Gasteiger partial charge on any atom is -0.467 e. The molecule has 11 heteroatoms. The lowest BCUT2D eigenvalue weighted by atomic mass is 9.83. The van der Waals surface area contributed by atoms with Crippen LogP contribution in [-0.2, 0) is 24.3 Å². The Morgan fingerprint density at radius 3 is 2.19 bits per heavy atom. The summed E-state index contributed by atoms with van der Waals surface area (Å²) in [7, 11) is 0.741. The van der Waals surface area contributed by atoms with E-state index in [0.29, 0.717) is 19.4 Å². The minimum absolute atomic E-state index is 0.0325. The maximum absolute atomic E-state index is 13.8. The van der Waals surface area contributed by atoms with Crippen molar-refractivity contribution in [2.75, 3.05) is 33.5 Å². The maximum atomic E-state index is 13.8. The van der Waals surface area contributed by atoms with Gasteiger partial charge in [-0.15, -0.1) is 0 Å². The van der Waals surface area contributed by atoms with E-state index in [9.17, 15) is 22.8 Å². The van der Waals surface area contributed by atoms with Crippen LogP contribution in [0, 0.1) is 22.7 Å². The zero-order valence-electron chi connectivity index (χ0n) is 23.0. The molecule has 36 heavy (non-hydrogen) atoms. The van der Waals surface area contributed by atoms with Gasteiger partial charge in [0.15, 0.2) is 0 Å². The minimum atomic E-state index is -3.56. The number of sulfonamides is 1. The molecule has 3 rings (SSSR count). The number of methoxy groups -OCH3 is 1. The number of carbonyl (C=O) groups is 3. The van der Waals surface area contributed by atoms with Gasteiger partial charge in [0.2, 0.25) is 15.9 Å². The first kappa shape index (κ1) is 28.7. The normalized spacial score (nSPS) is 27.7. The lowest BCUT2D eigenvalue weighted by Crippen LogP contribution is -2.63. The zero-order valence-corrected chi connectivity index (χ0v) is 23.8. The fraction of sp³-hybridized carbons (Fsp3) is 0.880. The number of amides is 3. The molecule has 3 aliphatic rings. The Balaban J connectivity index is 1.80. The van der Waals surface area contributed by atoms with Gasteiger partial charge < -0.3 is 20.3 Å². The molecule has 4 unspecified atom stereocenters. The van der Waals surface area contributed by atoms with Crippen molar-refractivity contribution in [3.63, 3.8) is 0 Å². The fourth-order valence-electron chi connectivity index (χ4n) is 6.14. The van der Waals surface area contributed by atoms with E-state index in [-0.39, 0.29) is 28.9 Å². The van der Waals surface area contributed by atoms with Crippen molar-refractivity contribution in [3.8, 4) is 0 Å². The number of nitrogens with one attached hydrogen (secondary N) is 2. The Labute approximate surface area is 215 Å². The number of ether oxygens (including phenoxy) is 1. The zero-order chi connectivity index (χ0) is 27.3. The van der Waals surface area contributed by atoms with E-state index in [1.807, 2.05) is 20.8 Å². The number of hydrogen-bond donors (Lipinski definition) is 2. The molecule has 0 radical (unpaired) electrons. The Morgan fingerprint density at radius 2 is 1.69 bits per heavy atom. The summed E-state index contributed by atoms with van der Waals surface area (Å²) in [6.07, 6.45) is 3.72. The first-order valence-electron chi connectivity index (χ1n) is 12.8. The summed E-state index contributed by atoms with van der Waals surface area (Å²) in [5.74, 6) is -0.709. The highest BCUT2D eigenvalue weighted by Crippen LogP contribution is 2.65. The first-order chi connectivity index (χ1) is 16.5. The molecule has 4 atom stereocenters. The van der Waals surface area contributed by atoms with Crippen LogP contribution in [0.2, 0.25) is 0 Å². The number of hydrogen-bond acceptors (Lipinski definition) is 6. The van der Waals surface area contributed by atoms with Gasteiger partial charge in [-0.05, 0) is 29.6 Å². The van der Waals surface area contributed by atoms with Crippen LogP contribution in [0.15, 0.2) is 0 Å². The Hall–Kier alpha value is -1.88. The highest BCUT2D eigenvalue weighted by molar-refractivity contribution is 7.89. The molecule has 0 aromatic rings. The van der Waals surface area contributed by atoms with Crippen molar-refractivity contribution in [1.82, 2.24) is 19.8 Å². The maximum Gasteiger partial charge on any atom is 0.328 e. The first-order valence-corrected chi connectivity index (χ1v) is 14.4. The van der Waals surface area contributed by atoms with E-state index in [2.05, 4.69) is 24.5 Å². The van der Waals surface area contributed by atoms with Crippen LogP contribution in [0.1, 0.15) is 66.7 Å². The molecule has 2 aliphatic carbocycles. The number of fused-ring (bicyclic) bond motifs is 1. The molecule has 3 amide bonds. The van der Waals surface area contributed by atoms with Crippen LogP contribution in [0.4, 0.5) is 4.79 Å². The number of esters is 1. The van der Waals surface area contributed by atoms with Crippen LogP contribution < -0.4 is 10.6 Å². The molecular weight excluding hydrogens is 484 g/mol. The van der Waals surface area contributed by atoms with Crippen LogP contribution in [0.25, 0.3) is 0 Å². The standard InChI is InChI=1S/C25H44N4O6S/c1-23(2,3)19(20(30)29-14-16-17(24(16,4)5)18(29)21(31)35-8)26-22(32)27-25(12-10-9-11-13-25)15-36(33,34)28(6)7/h16-19H,9-15H2,1-8H3,(H2,26,27,32). The fourth-order valence-corrected chi connectivity index (χ4v) is 7.46. The molecule has 3 fully saturated rings. The Morgan fingerprint density at radius 1 is 1.11 bits per heavy atom. The predicted molar refractivity (Wildman–Crippen MR) is 136 cm³/mol. The molecule has 1 heterocycles. The molecule has 0 spiro atoms. The number of rotatable bonds is 7. The number of piperidine rings is 1. The summed E-state index contributed by atoms with van der Waals surface area (Å²) in [6, 6.07) is -2.15. The molecule has 2 N–H and O–H groups in total. The summed E-state index contributed by atoms with van der Waals surface area (Å²) >= 11 is 0. The van der Waals surface area contributed by atoms with Gasteiger partial charge in [-0.2, -0.15) is 0 Å². The average molecular weight is 529 g/mol. The van der Waals surface area contributed by atoms with Crippen LogP contribution in [0.5, 0.6) is 0 Å². The van der Waals surface area contributed by atoms with E-state index in [1.54, 1.807) is 4.90 Å². The number of carbonyl (C=O) groups excluding carboxylic acids is 3. The third kappa shape index (κ3) is 5.51. The van der Waals surface area contributed by atoms with Gasteiger partial charge in [-0.1, -0.05) is 53.9 Å². The van der Waals surface area contributed by atoms with Gasteiger partial charge in [0.05, 0.1) is 18.4 Å². The third-order valence-electron chi connectivity index (χ3n) is 8.53. The van der Waals surface area contributed by atoms with Crippen molar-refractivity contribution >= 4 is 27.9 Å². The van der Waals surface area contributed by atoms with Gasteiger partial charge in [0.1, 0.15) is 12.1 Å². The largest absolute Gasteiger partial charge is 0.467 e. The van der Waals surface area contributed by atoms with E-state index < -0.39 is 45.1 Å². The molecule has 0 bridgehead atoms. The summed E-state index contributed by atoms with van der Waals surface area (Å²) in [6.45, 7) is 10.2. The molecule has 206 valence electrons. The van der Waals surface area contributed by atoms with Gasteiger partial charge in [0.25, 0.3) is 0 Å². The summed E-state index contributed by atoms with van der Waals surface area (Å²) in [4.78, 5) is 41.3. The Bertz CT molecular complexity index is 981. The molecule has 1 saturated heterocycles. The number of urea groups is 1. The molecular formula is C25H44N4O6S. The highest BCUT2D eigenvalue weighted by Gasteiger charge is 2.70. The molecule has 1 aliphatic heterocycles. The summed E-state index contributed by atoms with van der Waals surface area (Å²) in [5, 5.41) is 5.80. The number of nitrogens with zero attached hydrogens (tertiary/aromatic N) is 2. The quantitative estimate of drug-likeness (QED) is 0.487. The van der Waals surface area contributed by atoms with E-state index in [4.69, 9.17) is 4.74 Å². The van der Waals surface area contributed by atoms with Crippen molar-refractivity contribution in [3.05, 3.63) is 0 Å². The van der Waals surface area contributed by atoms with Crippen LogP contribution in [-0.4, -0.2) is 86.7 Å². The Kier molecular flexibility index (Phi) is 7.79. The molecule has 0 aromatic carbocycles. The van der Waals surface area contributed by atoms with Crippen LogP contribution >= 0.6 is 0 Å². The summed E-state index contributed by atoms with van der Waals surface area (Å²) < 4.78 is 31.6. The topological polar surface area (TPSA) is 125 Å². The van der Waals surface area contributed by atoms with Gasteiger partial charge in [-0.25, -0.2) is 22.3 Å². The van der Waals surface area contributed by atoms with Crippen molar-refractivity contribution in [2.24, 2.45) is 22.7 Å². The van der Waals surface area contributed by atoms with E-state index >= 15 is 0 Å². The lowest BCUT2D eigenvalue weighted by Gasteiger charge is -2.40. The van der Waals surface area contributed by atoms with Crippen LogP contribution in [0.3, 0.4) is 0 Å². The van der Waals surface area contributed by atoms with Gasteiger partial charge in [0, 0.05) is 26.6 Å². The van der Waals surface area contributed by atoms with E-state index in [1.165, 1.54) is 25.5 Å². The molecule has 10 nitrogen and oxygen atoms in total. The highest BCUT2D eigenvalue weighted by atomic mass is 32.2. The number of likely N-dealkylation sites (tertiary alicyclic amines) is 1.